The average Bonchev–Trinajstić information content (AvgIpc) is 2.72. The van der Waals surface area contributed by atoms with E-state index in [1.54, 1.807) is 48.5 Å². The Bertz CT molecular complexity index is 1170. The van der Waals surface area contributed by atoms with Gasteiger partial charge >= 0.3 is 0 Å². The second-order valence-electron chi connectivity index (χ2n) is 6.05. The molecule has 0 saturated heterocycles. The summed E-state index contributed by atoms with van der Waals surface area (Å²) in [6.45, 7) is 0. The van der Waals surface area contributed by atoms with E-state index in [2.05, 4.69) is 47.1 Å². The molecule has 0 heterocycles. The molecule has 0 aromatic heterocycles. The van der Waals surface area contributed by atoms with Crippen molar-refractivity contribution in [3.05, 3.63) is 75.2 Å². The second-order valence-corrected chi connectivity index (χ2v) is 9.51. The fourth-order valence-corrected chi connectivity index (χ4v) is 4.76. The van der Waals surface area contributed by atoms with E-state index < -0.39 is 10.0 Å². The van der Waals surface area contributed by atoms with Gasteiger partial charge in [-0.3, -0.25) is 10.1 Å². The van der Waals surface area contributed by atoms with Crippen molar-refractivity contribution in [2.75, 3.05) is 17.3 Å². The largest absolute Gasteiger partial charge is 0.506 e. The highest BCUT2D eigenvalue weighted by atomic mass is 79.9. The lowest BCUT2D eigenvalue weighted by Crippen LogP contribution is -2.12. The molecule has 0 fully saturated rings. The van der Waals surface area contributed by atoms with E-state index in [-0.39, 0.29) is 10.6 Å². The molecular weight excluding hydrogens is 538 g/mol. The summed E-state index contributed by atoms with van der Waals surface area (Å²) in [6.07, 6.45) is 1.48. The van der Waals surface area contributed by atoms with Gasteiger partial charge in [-0.15, -0.1) is 0 Å². The summed E-state index contributed by atoms with van der Waals surface area (Å²) >= 11 is 6.62. The zero-order chi connectivity index (χ0) is 21.7. The molecule has 0 spiro atoms. The molecule has 3 aromatic rings. The van der Waals surface area contributed by atoms with Gasteiger partial charge in [0.2, 0.25) is 0 Å². The highest BCUT2D eigenvalue weighted by Gasteiger charge is 2.14. The zero-order valence-corrected chi connectivity index (χ0v) is 19.6. The predicted octanol–water partition coefficient (Wildman–Crippen LogP) is 5.17. The van der Waals surface area contributed by atoms with Crippen molar-refractivity contribution < 1.29 is 18.3 Å². The highest BCUT2D eigenvalue weighted by molar-refractivity contribution is 9.11. The first-order chi connectivity index (χ1) is 14.3. The number of nitrogens with zero attached hydrogens (tertiary/aromatic N) is 1. The Kier molecular flexibility index (Phi) is 7.01. The van der Waals surface area contributed by atoms with Gasteiger partial charge in [0.1, 0.15) is 11.5 Å². The van der Waals surface area contributed by atoms with Gasteiger partial charge in [0.05, 0.1) is 28.4 Å². The molecule has 0 aliphatic heterocycles. The maximum absolute atomic E-state index is 12.5. The lowest BCUT2D eigenvalue weighted by Gasteiger charge is -2.09. The van der Waals surface area contributed by atoms with Gasteiger partial charge in [-0.2, -0.15) is 5.10 Å². The van der Waals surface area contributed by atoms with E-state index in [9.17, 15) is 13.5 Å². The fourth-order valence-electron chi connectivity index (χ4n) is 2.44. The van der Waals surface area contributed by atoms with Crippen LogP contribution >= 0.6 is 31.9 Å². The normalized spacial score (nSPS) is 11.4. The van der Waals surface area contributed by atoms with E-state index in [1.165, 1.54) is 25.5 Å². The van der Waals surface area contributed by atoms with E-state index in [0.717, 1.165) is 4.47 Å². The van der Waals surface area contributed by atoms with Crippen LogP contribution in [-0.4, -0.2) is 26.8 Å². The van der Waals surface area contributed by atoms with Crippen molar-refractivity contribution in [3.8, 4) is 11.5 Å². The first kappa shape index (κ1) is 22.1. The number of hydrazone groups is 1. The Morgan fingerprint density at radius 2 is 1.63 bits per heavy atom. The lowest BCUT2D eigenvalue weighted by molar-refractivity contribution is 0.414. The lowest BCUT2D eigenvalue weighted by atomic mass is 10.2. The number of ether oxygens (including phenoxy) is 1. The average molecular weight is 555 g/mol. The van der Waals surface area contributed by atoms with Crippen LogP contribution in [0.3, 0.4) is 0 Å². The molecule has 0 aliphatic carbocycles. The number of rotatable bonds is 7. The third-order valence-corrected chi connectivity index (χ3v) is 6.42. The number of methoxy groups -OCH3 is 1. The quantitative estimate of drug-likeness (QED) is 0.276. The van der Waals surface area contributed by atoms with Gasteiger partial charge in [0.15, 0.2) is 0 Å². The first-order valence-electron chi connectivity index (χ1n) is 8.52. The maximum Gasteiger partial charge on any atom is 0.261 e. The van der Waals surface area contributed by atoms with Crippen molar-refractivity contribution in [3.63, 3.8) is 0 Å². The third kappa shape index (κ3) is 5.53. The smallest absolute Gasteiger partial charge is 0.261 e. The molecule has 3 N–H and O–H groups in total. The number of nitrogens with one attached hydrogen (secondary N) is 2. The number of hydrogen-bond donors (Lipinski definition) is 3. The van der Waals surface area contributed by atoms with E-state index in [1.807, 2.05) is 0 Å². The molecule has 0 amide bonds. The predicted molar refractivity (Wildman–Crippen MR) is 125 cm³/mol. The number of aromatic hydroxyl groups is 1. The molecule has 10 heteroatoms. The van der Waals surface area contributed by atoms with Crippen molar-refractivity contribution in [2.45, 2.75) is 4.90 Å². The molecule has 3 rings (SSSR count). The van der Waals surface area contributed by atoms with E-state index in [4.69, 9.17) is 4.74 Å². The van der Waals surface area contributed by atoms with Gasteiger partial charge in [0.25, 0.3) is 10.0 Å². The number of phenolic OH excluding ortho intramolecular Hbond substituents is 1. The van der Waals surface area contributed by atoms with Crippen molar-refractivity contribution in [1.82, 2.24) is 0 Å². The van der Waals surface area contributed by atoms with Crippen LogP contribution < -0.4 is 14.9 Å². The zero-order valence-electron chi connectivity index (χ0n) is 15.6. The van der Waals surface area contributed by atoms with Gasteiger partial charge in [-0.1, -0.05) is 15.9 Å². The molecule has 0 radical (unpaired) electrons. The Hall–Kier alpha value is -2.56. The molecule has 30 heavy (non-hydrogen) atoms. The topological polar surface area (TPSA) is 100 Å². The van der Waals surface area contributed by atoms with Crippen LogP contribution in [0.5, 0.6) is 11.5 Å². The Morgan fingerprint density at radius 1 is 1.00 bits per heavy atom. The van der Waals surface area contributed by atoms with Gasteiger partial charge in [0, 0.05) is 15.7 Å². The minimum Gasteiger partial charge on any atom is -0.506 e. The standard InChI is InChI=1S/C20H17Br2N3O4S/c1-29-17-6-8-18(9-7-17)30(27,28)25-16-4-2-15(3-5-16)24-23-12-13-10-14(21)11-19(22)20(13)26/h2-12,24-26H,1H3/b23-12+. The van der Waals surface area contributed by atoms with Crippen LogP contribution in [0, 0.1) is 0 Å². The molecule has 0 atom stereocenters. The van der Waals surface area contributed by atoms with Crippen LogP contribution in [0.15, 0.2) is 79.6 Å². The summed E-state index contributed by atoms with van der Waals surface area (Å²) in [6, 6.07) is 16.2. The maximum atomic E-state index is 12.5. The van der Waals surface area contributed by atoms with Crippen LogP contribution in [0.2, 0.25) is 0 Å². The van der Waals surface area contributed by atoms with Crippen molar-refractivity contribution in [1.29, 1.82) is 0 Å². The number of hydrogen-bond acceptors (Lipinski definition) is 6. The van der Waals surface area contributed by atoms with Crippen LogP contribution in [0.1, 0.15) is 5.56 Å². The molecular formula is C20H17Br2N3O4S. The number of anilines is 2. The Labute approximate surface area is 191 Å². The van der Waals surface area contributed by atoms with Crippen molar-refractivity contribution >= 4 is 59.5 Å². The summed E-state index contributed by atoms with van der Waals surface area (Å²) in [5, 5.41) is 14.1. The monoisotopic (exact) mass is 553 g/mol. The van der Waals surface area contributed by atoms with Gasteiger partial charge in [-0.25, -0.2) is 8.42 Å². The summed E-state index contributed by atoms with van der Waals surface area (Å²) in [5.41, 5.74) is 4.41. The third-order valence-electron chi connectivity index (χ3n) is 3.96. The fraction of sp³-hybridized carbons (Fsp3) is 0.0500. The molecule has 0 aliphatic rings. The molecule has 0 saturated carbocycles. The van der Waals surface area contributed by atoms with Gasteiger partial charge in [-0.05, 0) is 76.6 Å². The molecule has 0 unspecified atom stereocenters. The van der Waals surface area contributed by atoms with E-state index >= 15 is 0 Å². The van der Waals surface area contributed by atoms with E-state index in [0.29, 0.717) is 27.2 Å². The minimum absolute atomic E-state index is 0.0760. The summed E-state index contributed by atoms with van der Waals surface area (Å²) in [4.78, 5) is 0.134. The summed E-state index contributed by atoms with van der Waals surface area (Å²) < 4.78 is 33.9. The number of halogens is 2. The molecule has 0 bridgehead atoms. The highest BCUT2D eigenvalue weighted by Crippen LogP contribution is 2.30. The SMILES string of the molecule is COc1ccc(S(=O)(=O)Nc2ccc(N/N=C/c3cc(Br)cc(Br)c3O)cc2)cc1. The number of benzene rings is 3. The summed E-state index contributed by atoms with van der Waals surface area (Å²) in [5.74, 6) is 0.653. The first-order valence-corrected chi connectivity index (χ1v) is 11.6. The Morgan fingerprint density at radius 3 is 2.27 bits per heavy atom. The number of phenols is 1. The van der Waals surface area contributed by atoms with Crippen LogP contribution in [0.25, 0.3) is 0 Å². The Balaban J connectivity index is 1.66. The molecule has 7 nitrogen and oxygen atoms in total. The van der Waals surface area contributed by atoms with Gasteiger partial charge < -0.3 is 9.84 Å². The van der Waals surface area contributed by atoms with Crippen LogP contribution in [0.4, 0.5) is 11.4 Å². The summed E-state index contributed by atoms with van der Waals surface area (Å²) in [7, 11) is -2.19. The number of sulfonamides is 1. The van der Waals surface area contributed by atoms with Crippen LogP contribution in [-0.2, 0) is 10.0 Å². The molecule has 156 valence electrons. The van der Waals surface area contributed by atoms with Crippen molar-refractivity contribution in [2.24, 2.45) is 5.10 Å². The minimum atomic E-state index is -3.71. The second kappa shape index (κ2) is 9.50. The molecule has 3 aromatic carbocycles.